The van der Waals surface area contributed by atoms with E-state index in [-0.39, 0.29) is 10.7 Å². The van der Waals surface area contributed by atoms with E-state index in [1.54, 1.807) is 24.3 Å². The number of allylic oxidation sites excluding steroid dienone is 4. The van der Waals surface area contributed by atoms with Crippen molar-refractivity contribution in [2.24, 2.45) is 0 Å². The average molecular weight is 444 g/mol. The van der Waals surface area contributed by atoms with Gasteiger partial charge < -0.3 is 0 Å². The summed E-state index contributed by atoms with van der Waals surface area (Å²) in [6.07, 6.45) is 5.42. The minimum Gasteiger partial charge on any atom is -0.236 e. The van der Waals surface area contributed by atoms with Crippen molar-refractivity contribution in [1.29, 1.82) is 0 Å². The average Bonchev–Trinajstić information content (AvgIpc) is 3.13. The van der Waals surface area contributed by atoms with Crippen molar-refractivity contribution in [3.8, 4) is 21.8 Å². The molecule has 1 atom stereocenters. The Hall–Kier alpha value is -2.54. The molecule has 1 aromatic heterocycles. The summed E-state index contributed by atoms with van der Waals surface area (Å²) in [5.74, 6) is -0.813. The largest absolute Gasteiger partial charge is 0.236 e. The van der Waals surface area contributed by atoms with Gasteiger partial charge in [0.05, 0.1) is 21.5 Å². The molecule has 0 N–H and O–H groups in total. The number of aromatic nitrogens is 1. The topological polar surface area (TPSA) is 47.0 Å². The second-order valence-corrected chi connectivity index (χ2v) is 8.96. The highest BCUT2D eigenvalue weighted by Crippen LogP contribution is 2.42. The molecule has 0 radical (unpaired) electrons. The van der Waals surface area contributed by atoms with E-state index in [0.717, 1.165) is 16.0 Å². The molecule has 1 heterocycles. The second kappa shape index (κ2) is 8.06. The molecule has 0 saturated carbocycles. The number of halogens is 2. The molecule has 1 aliphatic carbocycles. The zero-order valence-electron chi connectivity index (χ0n) is 15.3. The van der Waals surface area contributed by atoms with Crippen molar-refractivity contribution in [3.63, 3.8) is 0 Å². The van der Waals surface area contributed by atoms with Gasteiger partial charge in [0.25, 0.3) is 0 Å². The maximum atomic E-state index is 13.5. The van der Waals surface area contributed by atoms with Gasteiger partial charge in [0, 0.05) is 16.0 Å². The van der Waals surface area contributed by atoms with E-state index in [1.807, 2.05) is 37.3 Å². The van der Waals surface area contributed by atoms with Crippen LogP contribution in [0.15, 0.2) is 72.3 Å². The van der Waals surface area contributed by atoms with Gasteiger partial charge in [-0.2, -0.15) is 8.42 Å². The lowest BCUT2D eigenvalue weighted by molar-refractivity contribution is 0.626. The molecule has 1 unspecified atom stereocenters. The molecule has 0 bridgehead atoms. The fraction of sp³-hybridized carbons (Fsp3) is 0.0909. The Bertz CT molecular complexity index is 1280. The SMILES string of the molecule is CC1=CC(=S(=O)=O)C(c2sc(-c3ccccc3Cl)nc2-c2ccc(F)cc2)C=C1. The van der Waals surface area contributed by atoms with E-state index in [4.69, 9.17) is 16.6 Å². The highest BCUT2D eigenvalue weighted by atomic mass is 35.5. The minimum atomic E-state index is -2.38. The number of hydrogen-bond donors (Lipinski definition) is 0. The van der Waals surface area contributed by atoms with Crippen molar-refractivity contribution in [2.45, 2.75) is 12.8 Å². The predicted octanol–water partition coefficient (Wildman–Crippen LogP) is 5.92. The monoisotopic (exact) mass is 443 g/mol. The molecule has 29 heavy (non-hydrogen) atoms. The fourth-order valence-electron chi connectivity index (χ4n) is 3.18. The molecule has 0 aliphatic heterocycles. The first-order chi connectivity index (χ1) is 13.9. The van der Waals surface area contributed by atoms with Gasteiger partial charge in [-0.1, -0.05) is 47.5 Å². The Morgan fingerprint density at radius 3 is 2.52 bits per heavy atom. The molecule has 3 nitrogen and oxygen atoms in total. The highest BCUT2D eigenvalue weighted by molar-refractivity contribution is 7.73. The Kier molecular flexibility index (Phi) is 5.50. The maximum absolute atomic E-state index is 13.5. The van der Waals surface area contributed by atoms with Gasteiger partial charge in [0.2, 0.25) is 10.3 Å². The van der Waals surface area contributed by atoms with E-state index in [2.05, 4.69) is 0 Å². The lowest BCUT2D eigenvalue weighted by Gasteiger charge is -2.15. The van der Waals surface area contributed by atoms with E-state index in [9.17, 15) is 12.8 Å². The van der Waals surface area contributed by atoms with Gasteiger partial charge in [-0.25, -0.2) is 9.37 Å². The van der Waals surface area contributed by atoms with E-state index >= 15 is 0 Å². The summed E-state index contributed by atoms with van der Waals surface area (Å²) in [6.45, 7) is 1.85. The summed E-state index contributed by atoms with van der Waals surface area (Å²) in [7, 11) is -2.38. The third-order valence-electron chi connectivity index (χ3n) is 4.58. The van der Waals surface area contributed by atoms with Crippen LogP contribution in [0.3, 0.4) is 0 Å². The summed E-state index contributed by atoms with van der Waals surface area (Å²) in [5.41, 5.74) is 2.96. The highest BCUT2D eigenvalue weighted by Gasteiger charge is 2.26. The molecule has 0 amide bonds. The number of benzene rings is 2. The van der Waals surface area contributed by atoms with Crippen molar-refractivity contribution in [2.75, 3.05) is 0 Å². The third-order valence-corrected chi connectivity index (χ3v) is 6.84. The summed E-state index contributed by atoms with van der Waals surface area (Å²) in [5, 5.41) is 1.24. The lowest BCUT2D eigenvalue weighted by atomic mass is 9.93. The molecule has 1 aliphatic rings. The molecule has 146 valence electrons. The van der Waals surface area contributed by atoms with Crippen LogP contribution in [0.4, 0.5) is 4.39 Å². The third kappa shape index (κ3) is 3.96. The van der Waals surface area contributed by atoms with Crippen LogP contribution in [0.2, 0.25) is 5.02 Å². The van der Waals surface area contributed by atoms with Gasteiger partial charge in [-0.05, 0) is 43.3 Å². The molecule has 7 heteroatoms. The Morgan fingerprint density at radius 1 is 1.10 bits per heavy atom. The van der Waals surface area contributed by atoms with Crippen LogP contribution in [0, 0.1) is 5.82 Å². The first-order valence-electron chi connectivity index (χ1n) is 8.78. The molecular weight excluding hydrogens is 429 g/mol. The minimum absolute atomic E-state index is 0.280. The molecule has 2 aromatic carbocycles. The Balaban J connectivity index is 1.95. The molecular formula is C22H15ClFNO2S2. The van der Waals surface area contributed by atoms with Crippen LogP contribution in [0.1, 0.15) is 17.7 Å². The number of thiazole rings is 1. The lowest BCUT2D eigenvalue weighted by Crippen LogP contribution is -2.12. The molecule has 3 aromatic rings. The molecule has 0 fully saturated rings. The van der Waals surface area contributed by atoms with Crippen molar-refractivity contribution in [3.05, 3.63) is 88.0 Å². The predicted molar refractivity (Wildman–Crippen MR) is 118 cm³/mol. The van der Waals surface area contributed by atoms with Crippen LogP contribution in [-0.2, 0) is 10.3 Å². The van der Waals surface area contributed by atoms with Gasteiger partial charge >= 0.3 is 0 Å². The van der Waals surface area contributed by atoms with Crippen LogP contribution in [0.5, 0.6) is 0 Å². The van der Waals surface area contributed by atoms with E-state index in [1.165, 1.54) is 23.5 Å². The van der Waals surface area contributed by atoms with E-state index in [0.29, 0.717) is 21.3 Å². The zero-order valence-corrected chi connectivity index (χ0v) is 17.7. The number of rotatable bonds is 3. The van der Waals surface area contributed by atoms with Gasteiger partial charge in [0.15, 0.2) is 0 Å². The summed E-state index contributed by atoms with van der Waals surface area (Å²) in [4.78, 5) is 5.82. The van der Waals surface area contributed by atoms with Crippen molar-refractivity contribution < 1.29 is 12.8 Å². The van der Waals surface area contributed by atoms with Crippen LogP contribution in [-0.4, -0.2) is 18.3 Å². The van der Waals surface area contributed by atoms with Crippen molar-refractivity contribution >= 4 is 38.1 Å². The summed E-state index contributed by atoms with van der Waals surface area (Å²) < 4.78 is 37.3. The van der Waals surface area contributed by atoms with Gasteiger partial charge in [0.1, 0.15) is 10.8 Å². The van der Waals surface area contributed by atoms with Crippen molar-refractivity contribution in [1.82, 2.24) is 4.98 Å². The molecule has 0 saturated heterocycles. The normalized spacial score (nSPS) is 16.0. The molecule has 4 rings (SSSR count). The Labute approximate surface area is 178 Å². The fourth-order valence-corrected chi connectivity index (χ4v) is 5.45. The van der Waals surface area contributed by atoms with Crippen LogP contribution < -0.4 is 0 Å². The Morgan fingerprint density at radius 2 is 1.83 bits per heavy atom. The number of nitrogens with zero attached hydrogens (tertiary/aromatic N) is 1. The van der Waals surface area contributed by atoms with Crippen LogP contribution in [0.25, 0.3) is 21.8 Å². The van der Waals surface area contributed by atoms with Gasteiger partial charge in [-0.3, -0.25) is 0 Å². The molecule has 0 spiro atoms. The maximum Gasteiger partial charge on any atom is 0.218 e. The van der Waals surface area contributed by atoms with Gasteiger partial charge in [-0.15, -0.1) is 11.3 Å². The summed E-state index contributed by atoms with van der Waals surface area (Å²) in [6, 6.07) is 13.4. The number of hydrogen-bond acceptors (Lipinski definition) is 4. The second-order valence-electron chi connectivity index (χ2n) is 6.58. The van der Waals surface area contributed by atoms with E-state index < -0.39 is 16.2 Å². The van der Waals surface area contributed by atoms with Crippen LogP contribution >= 0.6 is 22.9 Å². The smallest absolute Gasteiger partial charge is 0.218 e. The zero-order chi connectivity index (χ0) is 20.5. The first kappa shape index (κ1) is 19.8. The standard InChI is InChI=1S/C22H15ClFNO2S2/c1-13-6-11-17(19(12-13)29(26)27)21-20(14-7-9-15(24)10-8-14)25-22(28-21)16-4-2-3-5-18(16)23/h2-12,17H,1H3. The quantitative estimate of drug-likeness (QED) is 0.472. The summed E-state index contributed by atoms with van der Waals surface area (Å²) >= 11 is 7.75. The first-order valence-corrected chi connectivity index (χ1v) is 11.0.